The monoisotopic (exact) mass is 220 g/mol. The highest BCUT2D eigenvalue weighted by Gasteiger charge is 2.07. The van der Waals surface area contributed by atoms with Crippen molar-refractivity contribution in [3.63, 3.8) is 0 Å². The second-order valence-corrected chi connectivity index (χ2v) is 5.00. The number of rotatable bonds is 3. The Morgan fingerprint density at radius 1 is 1.20 bits per heavy atom. The van der Waals surface area contributed by atoms with Crippen LogP contribution >= 0.6 is 11.9 Å². The molecule has 0 amide bonds. The zero-order chi connectivity index (χ0) is 10.7. The van der Waals surface area contributed by atoms with Gasteiger partial charge in [-0.2, -0.15) is 4.83 Å². The lowest BCUT2D eigenvalue weighted by molar-refractivity contribution is 0.647. The fraction of sp³-hybridized carbons (Fsp3) is 0.333. The molecule has 0 fully saturated rings. The molecule has 1 aliphatic rings. The van der Waals surface area contributed by atoms with E-state index in [1.54, 1.807) is 11.9 Å². The number of benzene rings is 1. The number of hydrogen-bond donors (Lipinski definition) is 2. The van der Waals surface area contributed by atoms with Crippen LogP contribution in [-0.4, -0.2) is 0 Å². The van der Waals surface area contributed by atoms with Gasteiger partial charge in [0.15, 0.2) is 0 Å². The van der Waals surface area contributed by atoms with Crippen molar-refractivity contribution in [1.29, 1.82) is 0 Å². The Morgan fingerprint density at radius 3 is 2.47 bits per heavy atom. The number of hydrazine groups is 1. The third-order valence-corrected chi connectivity index (χ3v) is 3.10. The third-order valence-electron chi connectivity index (χ3n) is 2.31. The standard InChI is InChI=1S/C12H16N2S/c1-9(2)7-10-3-5-11(6-4-10)12-8-13-14-15-12/h3-6,8-9,13-14H,7H2,1-2H3. The summed E-state index contributed by atoms with van der Waals surface area (Å²) >= 11 is 1.62. The maximum absolute atomic E-state index is 2.99. The molecule has 0 aliphatic carbocycles. The van der Waals surface area contributed by atoms with E-state index in [-0.39, 0.29) is 0 Å². The maximum atomic E-state index is 2.99. The minimum Gasteiger partial charge on any atom is -0.318 e. The molecule has 0 saturated heterocycles. The highest BCUT2D eigenvalue weighted by Crippen LogP contribution is 2.27. The van der Waals surface area contributed by atoms with Gasteiger partial charge in [0.05, 0.1) is 0 Å². The molecular weight excluding hydrogens is 204 g/mol. The van der Waals surface area contributed by atoms with E-state index in [9.17, 15) is 0 Å². The summed E-state index contributed by atoms with van der Waals surface area (Å²) in [5.41, 5.74) is 5.65. The van der Waals surface area contributed by atoms with E-state index in [0.717, 1.165) is 12.3 Å². The molecule has 0 bridgehead atoms. The van der Waals surface area contributed by atoms with Gasteiger partial charge in [0.2, 0.25) is 0 Å². The topological polar surface area (TPSA) is 24.1 Å². The van der Waals surface area contributed by atoms with Crippen LogP contribution in [0, 0.1) is 5.92 Å². The largest absolute Gasteiger partial charge is 0.318 e. The molecule has 0 spiro atoms. The molecule has 15 heavy (non-hydrogen) atoms. The molecule has 3 heteroatoms. The van der Waals surface area contributed by atoms with Gasteiger partial charge in [-0.25, -0.2) is 0 Å². The van der Waals surface area contributed by atoms with Gasteiger partial charge < -0.3 is 5.43 Å². The minimum absolute atomic E-state index is 0.722. The van der Waals surface area contributed by atoms with E-state index < -0.39 is 0 Å². The lowest BCUT2D eigenvalue weighted by Crippen LogP contribution is -2.11. The van der Waals surface area contributed by atoms with E-state index >= 15 is 0 Å². The highest BCUT2D eigenvalue weighted by molar-refractivity contribution is 8.06. The Kier molecular flexibility index (Phi) is 3.34. The molecule has 0 aromatic heterocycles. The van der Waals surface area contributed by atoms with Gasteiger partial charge >= 0.3 is 0 Å². The second-order valence-electron chi connectivity index (χ2n) is 4.15. The molecule has 1 heterocycles. The highest BCUT2D eigenvalue weighted by atomic mass is 32.2. The van der Waals surface area contributed by atoms with E-state index in [0.29, 0.717) is 0 Å². The molecule has 0 saturated carbocycles. The smallest absolute Gasteiger partial charge is 0.0488 e. The maximum Gasteiger partial charge on any atom is 0.0488 e. The molecule has 2 rings (SSSR count). The van der Waals surface area contributed by atoms with Crippen molar-refractivity contribution in [3.8, 4) is 0 Å². The molecule has 0 unspecified atom stereocenters. The van der Waals surface area contributed by atoms with Crippen molar-refractivity contribution in [3.05, 3.63) is 41.6 Å². The van der Waals surface area contributed by atoms with Gasteiger partial charge in [-0.3, -0.25) is 0 Å². The Hall–Kier alpha value is -0.930. The number of hydrogen-bond acceptors (Lipinski definition) is 3. The lowest BCUT2D eigenvalue weighted by atomic mass is 10.0. The van der Waals surface area contributed by atoms with Crippen LogP contribution in [0.2, 0.25) is 0 Å². The summed E-state index contributed by atoms with van der Waals surface area (Å²) in [5, 5.41) is 0. The first-order valence-electron chi connectivity index (χ1n) is 5.22. The minimum atomic E-state index is 0.722. The van der Waals surface area contributed by atoms with Crippen molar-refractivity contribution < 1.29 is 0 Å². The molecule has 0 atom stereocenters. The third kappa shape index (κ3) is 2.76. The van der Waals surface area contributed by atoms with Gasteiger partial charge in [0.25, 0.3) is 0 Å². The van der Waals surface area contributed by atoms with Crippen molar-refractivity contribution in [2.24, 2.45) is 5.92 Å². The zero-order valence-corrected chi connectivity index (χ0v) is 9.90. The fourth-order valence-corrected chi connectivity index (χ4v) is 2.23. The Morgan fingerprint density at radius 2 is 1.93 bits per heavy atom. The van der Waals surface area contributed by atoms with Crippen LogP contribution in [0.1, 0.15) is 25.0 Å². The predicted molar refractivity (Wildman–Crippen MR) is 66.8 cm³/mol. The van der Waals surface area contributed by atoms with Crippen molar-refractivity contribution in [2.45, 2.75) is 20.3 Å². The van der Waals surface area contributed by atoms with Gasteiger partial charge in [0.1, 0.15) is 0 Å². The molecule has 80 valence electrons. The van der Waals surface area contributed by atoms with Crippen LogP contribution in [-0.2, 0) is 6.42 Å². The second kappa shape index (κ2) is 4.73. The summed E-state index contributed by atoms with van der Waals surface area (Å²) in [6.07, 6.45) is 3.14. The van der Waals surface area contributed by atoms with Crippen LogP contribution < -0.4 is 10.3 Å². The predicted octanol–water partition coefficient (Wildman–Crippen LogP) is 2.94. The van der Waals surface area contributed by atoms with E-state index in [4.69, 9.17) is 0 Å². The van der Waals surface area contributed by atoms with Crippen LogP contribution in [0.5, 0.6) is 0 Å². The quantitative estimate of drug-likeness (QED) is 0.766. The fourth-order valence-electron chi connectivity index (χ4n) is 1.63. The molecular formula is C12H16N2S. The molecule has 1 aromatic carbocycles. The van der Waals surface area contributed by atoms with Crippen LogP contribution in [0.4, 0.5) is 0 Å². The van der Waals surface area contributed by atoms with Crippen molar-refractivity contribution in [1.82, 2.24) is 10.3 Å². The van der Waals surface area contributed by atoms with Gasteiger partial charge in [-0.1, -0.05) is 38.1 Å². The summed E-state index contributed by atoms with van der Waals surface area (Å²) in [6.45, 7) is 4.49. The Balaban J connectivity index is 2.10. The lowest BCUT2D eigenvalue weighted by Gasteiger charge is -2.06. The summed E-state index contributed by atoms with van der Waals surface area (Å²) in [7, 11) is 0. The molecule has 2 N–H and O–H groups in total. The van der Waals surface area contributed by atoms with E-state index in [1.165, 1.54) is 16.0 Å². The Bertz CT molecular complexity index is 354. The first kappa shape index (κ1) is 10.6. The molecule has 1 aliphatic heterocycles. The summed E-state index contributed by atoms with van der Waals surface area (Å²) in [4.78, 5) is 4.23. The van der Waals surface area contributed by atoms with Crippen LogP contribution in [0.15, 0.2) is 30.5 Å². The van der Waals surface area contributed by atoms with Crippen molar-refractivity contribution >= 4 is 16.9 Å². The SMILES string of the molecule is CC(C)Cc1ccc(C2=CNNS2)cc1. The van der Waals surface area contributed by atoms with Gasteiger partial charge in [-0.15, -0.1) is 0 Å². The summed E-state index contributed by atoms with van der Waals surface area (Å²) in [6, 6.07) is 8.81. The molecule has 0 radical (unpaired) electrons. The van der Waals surface area contributed by atoms with Crippen molar-refractivity contribution in [2.75, 3.05) is 0 Å². The first-order valence-corrected chi connectivity index (χ1v) is 6.04. The number of nitrogens with one attached hydrogen (secondary N) is 2. The Labute approximate surface area is 95.3 Å². The molecule has 2 nitrogen and oxygen atoms in total. The normalized spacial score (nSPS) is 15.3. The molecule has 1 aromatic rings. The van der Waals surface area contributed by atoms with Crippen LogP contribution in [0.3, 0.4) is 0 Å². The van der Waals surface area contributed by atoms with Gasteiger partial charge in [0, 0.05) is 11.1 Å². The summed E-state index contributed by atoms with van der Waals surface area (Å²) in [5.74, 6) is 0.722. The average molecular weight is 220 g/mol. The van der Waals surface area contributed by atoms with Gasteiger partial charge in [-0.05, 0) is 35.4 Å². The van der Waals surface area contributed by atoms with Crippen LogP contribution in [0.25, 0.3) is 4.91 Å². The average Bonchev–Trinajstić information content (AvgIpc) is 2.71. The zero-order valence-electron chi connectivity index (χ0n) is 9.08. The first-order chi connectivity index (χ1) is 7.25. The van der Waals surface area contributed by atoms with E-state index in [2.05, 4.69) is 48.4 Å². The summed E-state index contributed by atoms with van der Waals surface area (Å²) < 4.78 is 0. The van der Waals surface area contributed by atoms with E-state index in [1.807, 2.05) is 6.20 Å².